The molecule has 0 radical (unpaired) electrons. The van der Waals surface area contributed by atoms with E-state index >= 15 is 0 Å². The van der Waals surface area contributed by atoms with Crippen LogP contribution in [0.4, 0.5) is 0 Å². The van der Waals surface area contributed by atoms with Crippen molar-refractivity contribution in [3.05, 3.63) is 109 Å². The SMILES string of the molecule is Cn1c2ccccc2c2cc(-c3ccc(-c4ccc5[nH]c6ccccc6c5c4)cc3)ccc21. The molecule has 2 aromatic heterocycles. The van der Waals surface area contributed by atoms with Crippen LogP contribution in [0.1, 0.15) is 0 Å². The Labute approximate surface area is 191 Å². The molecular weight excluding hydrogens is 400 g/mol. The lowest BCUT2D eigenvalue weighted by molar-refractivity contribution is 1.01. The van der Waals surface area contributed by atoms with Gasteiger partial charge >= 0.3 is 0 Å². The average Bonchev–Trinajstić information content (AvgIpc) is 3.39. The van der Waals surface area contributed by atoms with Gasteiger partial charge in [-0.3, -0.25) is 0 Å². The largest absolute Gasteiger partial charge is 0.355 e. The van der Waals surface area contributed by atoms with Crippen molar-refractivity contribution in [2.75, 3.05) is 0 Å². The summed E-state index contributed by atoms with van der Waals surface area (Å²) in [5.74, 6) is 0. The summed E-state index contributed by atoms with van der Waals surface area (Å²) >= 11 is 0. The van der Waals surface area contributed by atoms with Crippen LogP contribution >= 0.6 is 0 Å². The van der Waals surface area contributed by atoms with Gasteiger partial charge in [-0.25, -0.2) is 0 Å². The van der Waals surface area contributed by atoms with Gasteiger partial charge in [-0.2, -0.15) is 0 Å². The number of nitrogens with zero attached hydrogens (tertiary/aromatic N) is 1. The van der Waals surface area contributed by atoms with E-state index in [-0.39, 0.29) is 0 Å². The molecule has 0 aliphatic carbocycles. The maximum atomic E-state index is 3.51. The summed E-state index contributed by atoms with van der Waals surface area (Å²) < 4.78 is 2.28. The van der Waals surface area contributed by atoms with Crippen LogP contribution in [0.5, 0.6) is 0 Å². The third kappa shape index (κ3) is 2.74. The fourth-order valence-electron chi connectivity index (χ4n) is 5.23. The summed E-state index contributed by atoms with van der Waals surface area (Å²) in [6.45, 7) is 0. The molecule has 0 saturated carbocycles. The molecule has 33 heavy (non-hydrogen) atoms. The van der Waals surface area contributed by atoms with Gasteiger partial charge in [0.15, 0.2) is 0 Å². The summed E-state index contributed by atoms with van der Waals surface area (Å²) in [6.07, 6.45) is 0. The van der Waals surface area contributed by atoms with Gasteiger partial charge in [0.25, 0.3) is 0 Å². The van der Waals surface area contributed by atoms with E-state index in [0.717, 1.165) is 0 Å². The van der Waals surface area contributed by atoms with Crippen molar-refractivity contribution in [2.45, 2.75) is 0 Å². The number of rotatable bonds is 2. The Balaban J connectivity index is 1.30. The van der Waals surface area contributed by atoms with Crippen molar-refractivity contribution in [2.24, 2.45) is 7.05 Å². The molecule has 0 saturated heterocycles. The normalized spacial score (nSPS) is 11.8. The minimum atomic E-state index is 1.18. The molecular formula is C31H22N2. The van der Waals surface area contributed by atoms with Gasteiger partial charge in [-0.05, 0) is 58.7 Å². The highest BCUT2D eigenvalue weighted by Crippen LogP contribution is 2.34. The topological polar surface area (TPSA) is 20.7 Å². The molecule has 2 nitrogen and oxygen atoms in total. The third-order valence-electron chi connectivity index (χ3n) is 6.97. The number of benzene rings is 5. The van der Waals surface area contributed by atoms with Crippen LogP contribution in [0, 0.1) is 0 Å². The molecule has 5 aromatic carbocycles. The van der Waals surface area contributed by atoms with Crippen LogP contribution in [0.2, 0.25) is 0 Å². The molecule has 2 heterocycles. The van der Waals surface area contributed by atoms with Gasteiger partial charge in [0.05, 0.1) is 0 Å². The predicted molar refractivity (Wildman–Crippen MR) is 141 cm³/mol. The van der Waals surface area contributed by atoms with E-state index in [1.165, 1.54) is 65.9 Å². The van der Waals surface area contributed by atoms with Crippen molar-refractivity contribution < 1.29 is 0 Å². The number of aromatic amines is 1. The fourth-order valence-corrected chi connectivity index (χ4v) is 5.23. The van der Waals surface area contributed by atoms with Crippen LogP contribution in [0.15, 0.2) is 109 Å². The predicted octanol–water partition coefficient (Wildman–Crippen LogP) is 8.30. The highest BCUT2D eigenvalue weighted by atomic mass is 14.9. The molecule has 7 aromatic rings. The molecule has 0 spiro atoms. The van der Waals surface area contributed by atoms with Crippen molar-refractivity contribution in [3.63, 3.8) is 0 Å². The Hall–Kier alpha value is -4.30. The summed E-state index contributed by atoms with van der Waals surface area (Å²) in [6, 6.07) is 39.6. The molecule has 2 heteroatoms. The zero-order valence-corrected chi connectivity index (χ0v) is 18.3. The van der Waals surface area contributed by atoms with E-state index in [2.05, 4.69) is 126 Å². The number of hydrogen-bond donors (Lipinski definition) is 1. The number of aryl methyl sites for hydroxylation is 1. The van der Waals surface area contributed by atoms with Crippen LogP contribution in [-0.4, -0.2) is 9.55 Å². The lowest BCUT2D eigenvalue weighted by Gasteiger charge is -2.07. The number of para-hydroxylation sites is 2. The van der Waals surface area contributed by atoms with Gasteiger partial charge in [-0.15, -0.1) is 0 Å². The third-order valence-corrected chi connectivity index (χ3v) is 6.97. The Morgan fingerprint density at radius 1 is 0.455 bits per heavy atom. The van der Waals surface area contributed by atoms with E-state index < -0.39 is 0 Å². The summed E-state index contributed by atoms with van der Waals surface area (Å²) in [5.41, 5.74) is 9.86. The van der Waals surface area contributed by atoms with Crippen LogP contribution in [0.25, 0.3) is 65.9 Å². The van der Waals surface area contributed by atoms with Gasteiger partial charge in [0.1, 0.15) is 0 Å². The Morgan fingerprint density at radius 3 is 1.79 bits per heavy atom. The first-order valence-corrected chi connectivity index (χ1v) is 11.3. The summed E-state index contributed by atoms with van der Waals surface area (Å²) in [4.78, 5) is 3.51. The number of nitrogens with one attached hydrogen (secondary N) is 1. The maximum absolute atomic E-state index is 3.51. The lowest BCUT2D eigenvalue weighted by atomic mass is 9.98. The van der Waals surface area contributed by atoms with Crippen molar-refractivity contribution in [3.8, 4) is 22.3 Å². The minimum absolute atomic E-state index is 1.18. The average molecular weight is 423 g/mol. The molecule has 1 N–H and O–H groups in total. The quantitative estimate of drug-likeness (QED) is 0.289. The molecule has 0 aliphatic heterocycles. The highest BCUT2D eigenvalue weighted by molar-refractivity contribution is 6.10. The van der Waals surface area contributed by atoms with Crippen molar-refractivity contribution in [1.82, 2.24) is 9.55 Å². The number of aromatic nitrogens is 2. The molecule has 0 atom stereocenters. The summed E-state index contributed by atoms with van der Waals surface area (Å²) in [7, 11) is 2.14. The first-order valence-electron chi connectivity index (χ1n) is 11.3. The second-order valence-electron chi connectivity index (χ2n) is 8.82. The zero-order valence-electron chi connectivity index (χ0n) is 18.3. The highest BCUT2D eigenvalue weighted by Gasteiger charge is 2.10. The number of fused-ring (bicyclic) bond motifs is 6. The molecule has 0 aliphatic rings. The monoisotopic (exact) mass is 422 g/mol. The number of hydrogen-bond acceptors (Lipinski definition) is 0. The molecule has 0 bridgehead atoms. The standard InChI is InChI=1S/C31H22N2/c1-33-30-9-5-3-7-25(30)27-19-23(15-17-31(27)33)21-12-10-20(11-13-21)22-14-16-29-26(18-22)24-6-2-4-8-28(24)32-29/h2-19,32H,1H3. The Bertz CT molecular complexity index is 1810. The minimum Gasteiger partial charge on any atom is -0.355 e. The fraction of sp³-hybridized carbons (Fsp3) is 0.0323. The van der Waals surface area contributed by atoms with Gasteiger partial charge in [0.2, 0.25) is 0 Å². The first-order chi connectivity index (χ1) is 16.3. The molecule has 0 amide bonds. The van der Waals surface area contributed by atoms with E-state index in [1.54, 1.807) is 0 Å². The number of H-pyrrole nitrogens is 1. The summed E-state index contributed by atoms with van der Waals surface area (Å²) in [5, 5.41) is 5.16. The second kappa shape index (κ2) is 6.85. The molecule has 0 unspecified atom stereocenters. The van der Waals surface area contributed by atoms with Crippen LogP contribution < -0.4 is 0 Å². The van der Waals surface area contributed by atoms with Crippen LogP contribution in [0.3, 0.4) is 0 Å². The maximum Gasteiger partial charge on any atom is 0.0489 e. The van der Waals surface area contributed by atoms with E-state index in [0.29, 0.717) is 0 Å². The van der Waals surface area contributed by atoms with E-state index in [4.69, 9.17) is 0 Å². The zero-order chi connectivity index (χ0) is 21.9. The Kier molecular flexibility index (Phi) is 3.80. The Morgan fingerprint density at radius 2 is 1.00 bits per heavy atom. The lowest BCUT2D eigenvalue weighted by Crippen LogP contribution is -1.86. The molecule has 7 rings (SSSR count). The van der Waals surface area contributed by atoms with Crippen LogP contribution in [-0.2, 0) is 7.05 Å². The van der Waals surface area contributed by atoms with Crippen molar-refractivity contribution >= 4 is 43.6 Å². The van der Waals surface area contributed by atoms with Gasteiger partial charge < -0.3 is 9.55 Å². The molecule has 0 fully saturated rings. The molecule has 156 valence electrons. The van der Waals surface area contributed by atoms with Gasteiger partial charge in [0, 0.05) is 50.7 Å². The second-order valence-corrected chi connectivity index (χ2v) is 8.82. The van der Waals surface area contributed by atoms with Crippen molar-refractivity contribution in [1.29, 1.82) is 0 Å². The van der Waals surface area contributed by atoms with E-state index in [1.807, 2.05) is 0 Å². The van der Waals surface area contributed by atoms with E-state index in [9.17, 15) is 0 Å². The van der Waals surface area contributed by atoms with Gasteiger partial charge in [-0.1, -0.05) is 72.8 Å². The first kappa shape index (κ1) is 18.3. The smallest absolute Gasteiger partial charge is 0.0489 e.